The van der Waals surface area contributed by atoms with Crippen molar-refractivity contribution in [1.82, 2.24) is 0 Å². The molecule has 0 aliphatic rings. The zero-order chi connectivity index (χ0) is 11.7. The summed E-state index contributed by atoms with van der Waals surface area (Å²) < 4.78 is 1.90. The van der Waals surface area contributed by atoms with Gasteiger partial charge in [0.2, 0.25) is 0 Å². The summed E-state index contributed by atoms with van der Waals surface area (Å²) in [5.41, 5.74) is 2.98. The van der Waals surface area contributed by atoms with Crippen molar-refractivity contribution in [2.75, 3.05) is 0 Å². The van der Waals surface area contributed by atoms with Gasteiger partial charge < -0.3 is 5.11 Å². The highest BCUT2D eigenvalue weighted by molar-refractivity contribution is 9.10. The van der Waals surface area contributed by atoms with E-state index in [2.05, 4.69) is 31.9 Å². The molecule has 4 heteroatoms. The Hall–Kier alpha value is -0.160. The molecule has 0 saturated carbocycles. The molecule has 1 N–H and O–H groups in total. The summed E-state index contributed by atoms with van der Waals surface area (Å²) in [4.78, 5) is 0. The van der Waals surface area contributed by atoms with Gasteiger partial charge in [-0.3, -0.25) is 0 Å². The van der Waals surface area contributed by atoms with Crippen molar-refractivity contribution in [2.45, 2.75) is 13.0 Å². The van der Waals surface area contributed by atoms with E-state index in [0.29, 0.717) is 0 Å². The molecule has 1 unspecified atom stereocenters. The van der Waals surface area contributed by atoms with Crippen molar-refractivity contribution in [3.05, 3.63) is 54.6 Å². The number of aliphatic hydroxyl groups excluding tert-OH is 1. The first kappa shape index (κ1) is 12.3. The molecule has 0 fully saturated rings. The van der Waals surface area contributed by atoms with Crippen LogP contribution in [0.25, 0.3) is 0 Å². The van der Waals surface area contributed by atoms with Gasteiger partial charge in [0.1, 0.15) is 6.10 Å². The van der Waals surface area contributed by atoms with Crippen LogP contribution in [0.5, 0.6) is 0 Å². The van der Waals surface area contributed by atoms with Crippen molar-refractivity contribution < 1.29 is 5.11 Å². The van der Waals surface area contributed by atoms with E-state index in [1.165, 1.54) is 5.56 Å². The van der Waals surface area contributed by atoms with Gasteiger partial charge in [0.25, 0.3) is 0 Å². The van der Waals surface area contributed by atoms with Crippen LogP contribution in [0, 0.1) is 6.92 Å². The molecule has 84 valence electrons. The van der Waals surface area contributed by atoms with Crippen LogP contribution in [0.4, 0.5) is 0 Å². The lowest BCUT2D eigenvalue weighted by Crippen LogP contribution is -2.00. The summed E-state index contributed by atoms with van der Waals surface area (Å²) >= 11 is 8.50. The van der Waals surface area contributed by atoms with E-state index in [0.717, 1.165) is 20.1 Å². The quantitative estimate of drug-likeness (QED) is 0.824. The van der Waals surface area contributed by atoms with Gasteiger partial charge in [-0.25, -0.2) is 0 Å². The number of aryl methyl sites for hydroxylation is 1. The molecular formula is C12H10Br2OS. The van der Waals surface area contributed by atoms with Gasteiger partial charge in [-0.1, -0.05) is 28.1 Å². The molecule has 0 aliphatic carbocycles. The van der Waals surface area contributed by atoms with Crippen LogP contribution in [0.15, 0.2) is 37.9 Å². The molecule has 16 heavy (non-hydrogen) atoms. The number of aliphatic hydroxyl groups is 1. The molecule has 0 bridgehead atoms. The van der Waals surface area contributed by atoms with Crippen LogP contribution < -0.4 is 0 Å². The van der Waals surface area contributed by atoms with Gasteiger partial charge >= 0.3 is 0 Å². The highest BCUT2D eigenvalue weighted by Gasteiger charge is 2.16. The predicted molar refractivity (Wildman–Crippen MR) is 75.0 cm³/mol. The molecule has 1 atom stereocenters. The van der Waals surface area contributed by atoms with Gasteiger partial charge in [-0.05, 0) is 45.4 Å². The lowest BCUT2D eigenvalue weighted by Gasteiger charge is -2.13. The Morgan fingerprint density at radius 2 is 1.88 bits per heavy atom. The Balaban J connectivity index is 2.41. The third-order valence-corrected chi connectivity index (χ3v) is 4.83. The van der Waals surface area contributed by atoms with Crippen molar-refractivity contribution in [3.63, 3.8) is 0 Å². The summed E-state index contributed by atoms with van der Waals surface area (Å²) in [6, 6.07) is 5.97. The lowest BCUT2D eigenvalue weighted by molar-refractivity contribution is 0.219. The molecule has 1 heterocycles. The van der Waals surface area contributed by atoms with E-state index in [1.54, 1.807) is 11.3 Å². The maximum absolute atomic E-state index is 10.3. The number of hydrogen-bond acceptors (Lipinski definition) is 2. The van der Waals surface area contributed by atoms with Crippen LogP contribution in [-0.4, -0.2) is 5.11 Å². The SMILES string of the molecule is Cc1ccc(C(O)c2cscc2Br)c(Br)c1. The maximum Gasteiger partial charge on any atom is 0.107 e. The Morgan fingerprint density at radius 3 is 2.44 bits per heavy atom. The minimum Gasteiger partial charge on any atom is -0.384 e. The standard InChI is InChI=1S/C12H10Br2OS/c1-7-2-3-8(10(13)4-7)12(15)9-5-16-6-11(9)14/h2-6,12,15H,1H3. The zero-order valence-corrected chi connectivity index (χ0v) is 12.6. The van der Waals surface area contributed by atoms with E-state index in [1.807, 2.05) is 35.9 Å². The summed E-state index contributed by atoms with van der Waals surface area (Å²) in [7, 11) is 0. The second kappa shape index (κ2) is 5.00. The number of halogens is 2. The Morgan fingerprint density at radius 1 is 1.12 bits per heavy atom. The fraction of sp³-hybridized carbons (Fsp3) is 0.167. The van der Waals surface area contributed by atoms with Gasteiger partial charge in [0, 0.05) is 19.9 Å². The molecule has 0 amide bonds. The highest BCUT2D eigenvalue weighted by atomic mass is 79.9. The maximum atomic E-state index is 10.3. The molecule has 0 aliphatic heterocycles. The van der Waals surface area contributed by atoms with E-state index in [9.17, 15) is 5.11 Å². The van der Waals surface area contributed by atoms with Crippen LogP contribution >= 0.6 is 43.2 Å². The van der Waals surface area contributed by atoms with E-state index >= 15 is 0 Å². The van der Waals surface area contributed by atoms with Gasteiger partial charge in [-0.2, -0.15) is 11.3 Å². The number of hydrogen-bond donors (Lipinski definition) is 1. The fourth-order valence-corrected chi connectivity index (χ4v) is 3.75. The van der Waals surface area contributed by atoms with Crippen molar-refractivity contribution in [1.29, 1.82) is 0 Å². The summed E-state index contributed by atoms with van der Waals surface area (Å²) in [5, 5.41) is 14.2. The molecule has 2 aromatic rings. The first-order valence-corrected chi connectivity index (χ1v) is 7.28. The van der Waals surface area contributed by atoms with Gasteiger partial charge in [0.05, 0.1) is 0 Å². The second-order valence-corrected chi connectivity index (χ2v) is 6.05. The number of rotatable bonds is 2. The molecule has 2 rings (SSSR count). The average molecular weight is 362 g/mol. The Kier molecular flexibility index (Phi) is 3.85. The molecule has 0 spiro atoms. The summed E-state index contributed by atoms with van der Waals surface area (Å²) in [5.74, 6) is 0. The minimum absolute atomic E-state index is 0.587. The topological polar surface area (TPSA) is 20.2 Å². The van der Waals surface area contributed by atoms with Crippen molar-refractivity contribution >= 4 is 43.2 Å². The van der Waals surface area contributed by atoms with Crippen LogP contribution in [0.2, 0.25) is 0 Å². The zero-order valence-electron chi connectivity index (χ0n) is 8.58. The van der Waals surface area contributed by atoms with Crippen LogP contribution in [0.3, 0.4) is 0 Å². The summed E-state index contributed by atoms with van der Waals surface area (Å²) in [6.45, 7) is 2.03. The smallest absolute Gasteiger partial charge is 0.107 e. The Bertz CT molecular complexity index is 507. The van der Waals surface area contributed by atoms with E-state index < -0.39 is 6.10 Å². The highest BCUT2D eigenvalue weighted by Crippen LogP contribution is 2.34. The van der Waals surface area contributed by atoms with E-state index in [4.69, 9.17) is 0 Å². The third-order valence-electron chi connectivity index (χ3n) is 2.39. The Labute approximate surface area is 115 Å². The molecule has 1 nitrogen and oxygen atoms in total. The van der Waals surface area contributed by atoms with Crippen molar-refractivity contribution in [3.8, 4) is 0 Å². The first-order chi connectivity index (χ1) is 7.59. The predicted octanol–water partition coefficient (Wildman–Crippen LogP) is 4.66. The second-order valence-electron chi connectivity index (χ2n) is 3.60. The average Bonchev–Trinajstić information content (AvgIpc) is 2.63. The molecule has 0 saturated heterocycles. The largest absolute Gasteiger partial charge is 0.384 e. The van der Waals surface area contributed by atoms with E-state index in [-0.39, 0.29) is 0 Å². The summed E-state index contributed by atoms with van der Waals surface area (Å²) in [6.07, 6.45) is -0.587. The molecule has 1 aromatic heterocycles. The van der Waals surface area contributed by atoms with Crippen LogP contribution in [0.1, 0.15) is 22.8 Å². The van der Waals surface area contributed by atoms with Crippen molar-refractivity contribution in [2.24, 2.45) is 0 Å². The van der Waals surface area contributed by atoms with Gasteiger partial charge in [0.15, 0.2) is 0 Å². The fourth-order valence-electron chi connectivity index (χ4n) is 1.51. The molecule has 1 aromatic carbocycles. The first-order valence-electron chi connectivity index (χ1n) is 4.75. The normalized spacial score (nSPS) is 12.8. The number of thiophene rings is 1. The van der Waals surface area contributed by atoms with Crippen LogP contribution in [-0.2, 0) is 0 Å². The minimum atomic E-state index is -0.587. The third kappa shape index (κ3) is 2.40. The number of benzene rings is 1. The monoisotopic (exact) mass is 360 g/mol. The lowest BCUT2D eigenvalue weighted by atomic mass is 10.0. The molecule has 0 radical (unpaired) electrons. The van der Waals surface area contributed by atoms with Gasteiger partial charge in [-0.15, -0.1) is 0 Å². The molecular weight excluding hydrogens is 352 g/mol.